The zero-order chi connectivity index (χ0) is 13.4. The van der Waals surface area contributed by atoms with Gasteiger partial charge in [-0.1, -0.05) is 0 Å². The third kappa shape index (κ3) is 2.13. The smallest absolute Gasteiger partial charge is 0.248 e. The van der Waals surface area contributed by atoms with Crippen LogP contribution >= 0.6 is 11.3 Å². The van der Waals surface area contributed by atoms with E-state index in [-0.39, 0.29) is 5.56 Å². The van der Waals surface area contributed by atoms with Crippen molar-refractivity contribution in [2.24, 2.45) is 0 Å². The van der Waals surface area contributed by atoms with E-state index in [0.29, 0.717) is 0 Å². The number of hydrogen-bond donors (Lipinski definition) is 1. The molecule has 0 aliphatic rings. The molecule has 0 spiro atoms. The lowest BCUT2D eigenvalue weighted by molar-refractivity contribution is 1.09. The maximum absolute atomic E-state index is 11.4. The van der Waals surface area contributed by atoms with E-state index >= 15 is 0 Å². The lowest BCUT2D eigenvalue weighted by Crippen LogP contribution is -2.07. The number of aryl methyl sites for hydroxylation is 2. The van der Waals surface area contributed by atoms with E-state index in [2.05, 4.69) is 22.1 Å². The molecule has 0 bridgehead atoms. The summed E-state index contributed by atoms with van der Waals surface area (Å²) in [6, 6.07) is 5.78. The van der Waals surface area contributed by atoms with Crippen LogP contribution in [0, 0.1) is 13.8 Å². The van der Waals surface area contributed by atoms with Crippen molar-refractivity contribution >= 4 is 11.3 Å². The number of nitrogens with zero attached hydrogens (tertiary/aromatic N) is 2. The first kappa shape index (κ1) is 11.9. The third-order valence-electron chi connectivity index (χ3n) is 3.02. The molecule has 0 radical (unpaired) electrons. The number of aromatic amines is 1. The van der Waals surface area contributed by atoms with Gasteiger partial charge in [0.2, 0.25) is 5.56 Å². The molecule has 0 atom stereocenters. The Hall–Kier alpha value is -2.14. The molecule has 3 rings (SSSR count). The number of rotatable bonds is 2. The van der Waals surface area contributed by atoms with Crippen LogP contribution in [0.25, 0.3) is 15.4 Å². The molecule has 0 aromatic carbocycles. The van der Waals surface area contributed by atoms with Gasteiger partial charge in [0.15, 0.2) is 0 Å². The fraction of sp³-hybridized carbons (Fsp3) is 0.143. The van der Waals surface area contributed by atoms with E-state index in [4.69, 9.17) is 0 Å². The summed E-state index contributed by atoms with van der Waals surface area (Å²) in [4.78, 5) is 19.5. The molecule has 4 nitrogen and oxygen atoms in total. The first-order chi connectivity index (χ1) is 9.15. The van der Waals surface area contributed by atoms with Crippen molar-refractivity contribution in [1.82, 2.24) is 14.5 Å². The Morgan fingerprint density at radius 1 is 1.32 bits per heavy atom. The zero-order valence-electron chi connectivity index (χ0n) is 10.7. The van der Waals surface area contributed by atoms with Crippen LogP contribution in [0.1, 0.15) is 11.3 Å². The number of thiophene rings is 1. The number of aromatic nitrogens is 3. The number of pyridine rings is 1. The van der Waals surface area contributed by atoms with E-state index < -0.39 is 0 Å². The second kappa shape index (κ2) is 4.51. The van der Waals surface area contributed by atoms with Crippen molar-refractivity contribution in [3.63, 3.8) is 0 Å². The SMILES string of the molecule is Cc1cc(=O)[nH]c(C)c1-c1ccc(-n2ccnc2)s1. The highest BCUT2D eigenvalue weighted by molar-refractivity contribution is 7.17. The first-order valence-electron chi connectivity index (χ1n) is 5.94. The van der Waals surface area contributed by atoms with E-state index in [1.165, 1.54) is 0 Å². The number of hydrogen-bond acceptors (Lipinski definition) is 3. The summed E-state index contributed by atoms with van der Waals surface area (Å²) >= 11 is 1.68. The van der Waals surface area contributed by atoms with Gasteiger partial charge in [0.25, 0.3) is 0 Å². The van der Waals surface area contributed by atoms with Gasteiger partial charge in [-0.15, -0.1) is 11.3 Å². The van der Waals surface area contributed by atoms with Crippen molar-refractivity contribution in [1.29, 1.82) is 0 Å². The molecular formula is C14H13N3OS. The maximum atomic E-state index is 11.4. The molecule has 5 heteroatoms. The van der Waals surface area contributed by atoms with Gasteiger partial charge in [-0.3, -0.25) is 9.36 Å². The molecule has 0 aliphatic heterocycles. The van der Waals surface area contributed by atoms with Crippen molar-refractivity contribution in [2.75, 3.05) is 0 Å². The highest BCUT2D eigenvalue weighted by Crippen LogP contribution is 2.33. The van der Waals surface area contributed by atoms with Gasteiger partial charge >= 0.3 is 0 Å². The second-order valence-corrected chi connectivity index (χ2v) is 5.49. The van der Waals surface area contributed by atoms with E-state index in [1.807, 2.05) is 24.6 Å². The molecule has 3 aromatic rings. The summed E-state index contributed by atoms with van der Waals surface area (Å²) < 4.78 is 1.98. The minimum Gasteiger partial charge on any atom is -0.326 e. The third-order valence-corrected chi connectivity index (χ3v) is 4.14. The summed E-state index contributed by atoms with van der Waals surface area (Å²) in [7, 11) is 0. The fourth-order valence-electron chi connectivity index (χ4n) is 2.22. The lowest BCUT2D eigenvalue weighted by Gasteiger charge is -2.06. The molecule has 0 unspecified atom stereocenters. The van der Waals surface area contributed by atoms with Crippen LogP contribution in [-0.4, -0.2) is 14.5 Å². The van der Waals surface area contributed by atoms with Crippen LogP contribution < -0.4 is 5.56 Å². The van der Waals surface area contributed by atoms with Crippen LogP contribution in [0.2, 0.25) is 0 Å². The molecule has 1 N–H and O–H groups in total. The zero-order valence-corrected chi connectivity index (χ0v) is 11.5. The first-order valence-corrected chi connectivity index (χ1v) is 6.76. The van der Waals surface area contributed by atoms with Crippen molar-refractivity contribution in [3.05, 3.63) is 58.5 Å². The van der Waals surface area contributed by atoms with Gasteiger partial charge in [-0.2, -0.15) is 0 Å². The molecule has 0 amide bonds. The minimum atomic E-state index is -0.0508. The summed E-state index contributed by atoms with van der Waals surface area (Å²) in [5.41, 5.74) is 2.96. The molecule has 19 heavy (non-hydrogen) atoms. The summed E-state index contributed by atoms with van der Waals surface area (Å²) in [5.74, 6) is 0. The highest BCUT2D eigenvalue weighted by Gasteiger charge is 2.10. The van der Waals surface area contributed by atoms with Crippen LogP contribution in [0.4, 0.5) is 0 Å². The summed E-state index contributed by atoms with van der Waals surface area (Å²) in [5, 5.41) is 1.11. The van der Waals surface area contributed by atoms with E-state index in [9.17, 15) is 4.79 Å². The molecule has 0 fully saturated rings. The van der Waals surface area contributed by atoms with E-state index in [0.717, 1.165) is 26.7 Å². The second-order valence-electron chi connectivity index (χ2n) is 4.42. The summed E-state index contributed by atoms with van der Waals surface area (Å²) in [6.45, 7) is 3.90. The average Bonchev–Trinajstić information content (AvgIpc) is 2.97. The normalized spacial score (nSPS) is 10.8. The van der Waals surface area contributed by atoms with Crippen molar-refractivity contribution < 1.29 is 0 Å². The van der Waals surface area contributed by atoms with Crippen molar-refractivity contribution in [2.45, 2.75) is 13.8 Å². The van der Waals surface area contributed by atoms with Gasteiger partial charge < -0.3 is 4.98 Å². The lowest BCUT2D eigenvalue weighted by atomic mass is 10.1. The van der Waals surface area contributed by atoms with Crippen LogP contribution in [0.5, 0.6) is 0 Å². The number of H-pyrrole nitrogens is 1. The average molecular weight is 271 g/mol. The Labute approximate surface area is 114 Å². The fourth-order valence-corrected chi connectivity index (χ4v) is 3.34. The topological polar surface area (TPSA) is 50.7 Å². The van der Waals surface area contributed by atoms with Crippen molar-refractivity contribution in [3.8, 4) is 15.4 Å². The molecule has 3 heterocycles. The van der Waals surface area contributed by atoms with Gasteiger partial charge in [-0.05, 0) is 31.5 Å². The molecule has 3 aromatic heterocycles. The number of nitrogens with one attached hydrogen (secondary N) is 1. The molecule has 0 aliphatic carbocycles. The molecule has 96 valence electrons. The predicted octanol–water partition coefficient (Wildman–Crippen LogP) is 2.91. The van der Waals surface area contributed by atoms with Crippen LogP contribution in [0.15, 0.2) is 41.7 Å². The van der Waals surface area contributed by atoms with Gasteiger partial charge in [0, 0.05) is 34.6 Å². The Morgan fingerprint density at radius 3 is 2.84 bits per heavy atom. The quantitative estimate of drug-likeness (QED) is 0.779. The van der Waals surface area contributed by atoms with Gasteiger partial charge in [0.1, 0.15) is 5.00 Å². The van der Waals surface area contributed by atoms with Crippen LogP contribution in [-0.2, 0) is 0 Å². The Kier molecular flexibility index (Phi) is 2.83. The Balaban J connectivity index is 2.11. The predicted molar refractivity (Wildman–Crippen MR) is 77.0 cm³/mol. The van der Waals surface area contributed by atoms with E-state index in [1.54, 1.807) is 29.9 Å². The van der Waals surface area contributed by atoms with Gasteiger partial charge in [0.05, 0.1) is 6.33 Å². The standard InChI is InChI=1S/C14H13N3OS/c1-9-7-12(18)16-10(2)14(9)11-3-4-13(19-11)17-6-5-15-8-17/h3-8H,1-2H3,(H,16,18). The Morgan fingerprint density at radius 2 is 2.16 bits per heavy atom. The summed E-state index contributed by atoms with van der Waals surface area (Å²) in [6.07, 6.45) is 5.46. The Bertz CT molecular complexity index is 742. The molecular weight excluding hydrogens is 258 g/mol. The number of imidazole rings is 1. The van der Waals surface area contributed by atoms with Crippen LogP contribution in [0.3, 0.4) is 0 Å². The maximum Gasteiger partial charge on any atom is 0.248 e. The monoisotopic (exact) mass is 271 g/mol. The molecule has 0 saturated carbocycles. The highest BCUT2D eigenvalue weighted by atomic mass is 32.1. The molecule has 0 saturated heterocycles. The largest absolute Gasteiger partial charge is 0.326 e. The van der Waals surface area contributed by atoms with Gasteiger partial charge in [-0.25, -0.2) is 4.98 Å². The minimum absolute atomic E-state index is 0.0508.